The fourth-order valence-electron chi connectivity index (χ4n) is 2.74. The highest BCUT2D eigenvalue weighted by Crippen LogP contribution is 2.37. The Morgan fingerprint density at radius 2 is 1.41 bits per heavy atom. The largest absolute Gasteiger partial charge is 0.493 e. The maximum atomic E-state index is 12.8. The Hall–Kier alpha value is -2.23. The number of ether oxygens (including phenoxy) is 4. The molecule has 0 bridgehead atoms. The standard InChI is InChI=1S/C24H17Cl5F3NO4/c25-17-11-15(2-4-20(17)36-9-6-22(28)29)34-7-1-8-35-16-3-5-21(18(26)12-16)37-23-19(27)10-14(13-33-23)24(30,31)32/h2-6,10-13H,1,7-9H2. The molecular weight excluding hydrogens is 601 g/mol. The van der Waals surface area contributed by atoms with Crippen molar-refractivity contribution in [3.05, 3.63) is 79.9 Å². The van der Waals surface area contributed by atoms with Crippen molar-refractivity contribution in [3.8, 4) is 28.9 Å². The van der Waals surface area contributed by atoms with Gasteiger partial charge in [-0.05, 0) is 36.4 Å². The highest BCUT2D eigenvalue weighted by atomic mass is 35.5. The zero-order chi connectivity index (χ0) is 27.0. The molecule has 37 heavy (non-hydrogen) atoms. The van der Waals surface area contributed by atoms with Gasteiger partial charge in [0.1, 0.15) is 39.1 Å². The second-order valence-electron chi connectivity index (χ2n) is 7.15. The van der Waals surface area contributed by atoms with Crippen molar-refractivity contribution in [1.29, 1.82) is 0 Å². The molecule has 0 aliphatic heterocycles. The molecule has 0 spiro atoms. The van der Waals surface area contributed by atoms with Gasteiger partial charge in [0.25, 0.3) is 0 Å². The lowest BCUT2D eigenvalue weighted by atomic mass is 10.3. The maximum Gasteiger partial charge on any atom is 0.417 e. The van der Waals surface area contributed by atoms with E-state index in [2.05, 4.69) is 4.98 Å². The Morgan fingerprint density at radius 1 is 0.811 bits per heavy atom. The zero-order valence-corrected chi connectivity index (χ0v) is 22.4. The molecule has 3 rings (SSSR count). The summed E-state index contributed by atoms with van der Waals surface area (Å²) >= 11 is 29.3. The highest BCUT2D eigenvalue weighted by Gasteiger charge is 2.31. The summed E-state index contributed by atoms with van der Waals surface area (Å²) in [7, 11) is 0. The smallest absolute Gasteiger partial charge is 0.417 e. The molecule has 5 nitrogen and oxygen atoms in total. The number of hydrogen-bond acceptors (Lipinski definition) is 5. The third-order valence-electron chi connectivity index (χ3n) is 4.45. The van der Waals surface area contributed by atoms with Gasteiger partial charge in [0.05, 0.1) is 28.8 Å². The molecule has 0 atom stereocenters. The van der Waals surface area contributed by atoms with E-state index in [4.69, 9.17) is 77.0 Å². The van der Waals surface area contributed by atoms with Gasteiger partial charge in [-0.25, -0.2) is 4.98 Å². The van der Waals surface area contributed by atoms with Crippen molar-refractivity contribution >= 4 is 58.0 Å². The summed E-state index contributed by atoms with van der Waals surface area (Å²) in [4.78, 5) is 3.62. The Labute approximate surface area is 235 Å². The molecule has 2 aromatic carbocycles. The number of pyridine rings is 1. The normalized spacial score (nSPS) is 11.1. The van der Waals surface area contributed by atoms with Gasteiger partial charge < -0.3 is 18.9 Å². The van der Waals surface area contributed by atoms with E-state index < -0.39 is 11.7 Å². The lowest BCUT2D eigenvalue weighted by Crippen LogP contribution is -2.06. The molecule has 0 fully saturated rings. The maximum absolute atomic E-state index is 12.8. The summed E-state index contributed by atoms with van der Waals surface area (Å²) in [6.45, 7) is 0.855. The van der Waals surface area contributed by atoms with Crippen molar-refractivity contribution < 1.29 is 32.1 Å². The van der Waals surface area contributed by atoms with Crippen molar-refractivity contribution in [3.63, 3.8) is 0 Å². The number of benzene rings is 2. The van der Waals surface area contributed by atoms with Crippen LogP contribution in [0, 0.1) is 0 Å². The number of nitrogens with zero attached hydrogens (tertiary/aromatic N) is 1. The van der Waals surface area contributed by atoms with Crippen LogP contribution in [0.1, 0.15) is 12.0 Å². The first-order chi connectivity index (χ1) is 17.5. The molecule has 1 heterocycles. The van der Waals surface area contributed by atoms with Crippen LogP contribution < -0.4 is 18.9 Å². The molecule has 0 aliphatic rings. The molecule has 1 aromatic heterocycles. The van der Waals surface area contributed by atoms with E-state index in [-0.39, 0.29) is 32.8 Å². The molecule has 3 aromatic rings. The molecule has 198 valence electrons. The van der Waals surface area contributed by atoms with Crippen molar-refractivity contribution in [2.75, 3.05) is 19.8 Å². The number of halogens is 8. The quantitative estimate of drug-likeness (QED) is 0.201. The first kappa shape index (κ1) is 29.3. The summed E-state index contributed by atoms with van der Waals surface area (Å²) in [6, 6.07) is 10.3. The van der Waals surface area contributed by atoms with Crippen molar-refractivity contribution in [2.45, 2.75) is 12.6 Å². The van der Waals surface area contributed by atoms with Gasteiger partial charge in [-0.2, -0.15) is 13.2 Å². The summed E-state index contributed by atoms with van der Waals surface area (Å²) < 4.78 is 60.6. The van der Waals surface area contributed by atoms with Crippen LogP contribution in [0.3, 0.4) is 0 Å². The van der Waals surface area contributed by atoms with Gasteiger partial charge in [0.2, 0.25) is 5.88 Å². The summed E-state index contributed by atoms with van der Waals surface area (Å²) in [5.74, 6) is 1.42. The van der Waals surface area contributed by atoms with Crippen molar-refractivity contribution in [1.82, 2.24) is 4.98 Å². The van der Waals surface area contributed by atoms with Gasteiger partial charge in [-0.15, -0.1) is 0 Å². The van der Waals surface area contributed by atoms with Crippen LogP contribution in [-0.2, 0) is 6.18 Å². The molecular formula is C24H17Cl5F3NO4. The third kappa shape index (κ3) is 9.23. The van der Waals surface area contributed by atoms with Gasteiger partial charge >= 0.3 is 6.18 Å². The minimum absolute atomic E-state index is 0.102. The number of alkyl halides is 3. The Bertz CT molecular complexity index is 1250. The second kappa shape index (κ2) is 13.5. The van der Waals surface area contributed by atoms with E-state index in [1.165, 1.54) is 18.2 Å². The predicted octanol–water partition coefficient (Wildman–Crippen LogP) is 9.40. The lowest BCUT2D eigenvalue weighted by Gasteiger charge is -2.12. The van der Waals surface area contributed by atoms with Crippen LogP contribution in [0.15, 0.2) is 59.2 Å². The number of hydrogen-bond donors (Lipinski definition) is 0. The predicted molar refractivity (Wildman–Crippen MR) is 138 cm³/mol. The van der Waals surface area contributed by atoms with Gasteiger partial charge in [0, 0.05) is 24.8 Å². The fraction of sp³-hybridized carbons (Fsp3) is 0.208. The number of rotatable bonds is 11. The van der Waals surface area contributed by atoms with E-state index in [0.29, 0.717) is 48.1 Å². The molecule has 0 saturated heterocycles. The first-order valence-corrected chi connectivity index (χ1v) is 12.3. The molecule has 13 heteroatoms. The minimum atomic E-state index is -4.57. The van der Waals surface area contributed by atoms with Crippen LogP contribution >= 0.6 is 58.0 Å². The topological polar surface area (TPSA) is 49.8 Å². The van der Waals surface area contributed by atoms with E-state index in [9.17, 15) is 13.2 Å². The first-order valence-electron chi connectivity index (χ1n) is 10.4. The molecule has 0 amide bonds. The summed E-state index contributed by atoms with van der Waals surface area (Å²) in [5.41, 5.74) is -0.987. The molecule has 0 N–H and O–H groups in total. The second-order valence-corrected chi connectivity index (χ2v) is 9.38. The van der Waals surface area contributed by atoms with Crippen LogP contribution in [0.4, 0.5) is 13.2 Å². The van der Waals surface area contributed by atoms with Crippen LogP contribution in [0.2, 0.25) is 15.1 Å². The van der Waals surface area contributed by atoms with Gasteiger partial charge in [-0.3, -0.25) is 0 Å². The van der Waals surface area contributed by atoms with E-state index >= 15 is 0 Å². The zero-order valence-electron chi connectivity index (χ0n) is 18.6. The Morgan fingerprint density at radius 3 is 1.92 bits per heavy atom. The molecule has 0 radical (unpaired) electrons. The van der Waals surface area contributed by atoms with Crippen LogP contribution in [0.5, 0.6) is 28.9 Å². The average Bonchev–Trinajstić information content (AvgIpc) is 2.82. The SMILES string of the molecule is FC(F)(F)c1cnc(Oc2ccc(OCCCOc3ccc(OCC=C(Cl)Cl)c(Cl)c3)cc2Cl)c(Cl)c1. The van der Waals surface area contributed by atoms with Crippen molar-refractivity contribution in [2.24, 2.45) is 0 Å². The van der Waals surface area contributed by atoms with Gasteiger partial charge in [-0.1, -0.05) is 58.0 Å². The monoisotopic (exact) mass is 615 g/mol. The van der Waals surface area contributed by atoms with Crippen LogP contribution in [0.25, 0.3) is 0 Å². The van der Waals surface area contributed by atoms with E-state index in [0.717, 1.165) is 6.07 Å². The van der Waals surface area contributed by atoms with E-state index in [1.807, 2.05) is 0 Å². The van der Waals surface area contributed by atoms with Gasteiger partial charge in [0.15, 0.2) is 0 Å². The average molecular weight is 618 g/mol. The highest BCUT2D eigenvalue weighted by molar-refractivity contribution is 6.55. The Balaban J connectivity index is 1.45. The van der Waals surface area contributed by atoms with E-state index in [1.54, 1.807) is 24.3 Å². The Kier molecular flexibility index (Phi) is 10.7. The molecule has 0 unspecified atom stereocenters. The molecule has 0 saturated carbocycles. The summed E-state index contributed by atoms with van der Waals surface area (Å²) in [6.07, 6.45) is -1.90. The lowest BCUT2D eigenvalue weighted by molar-refractivity contribution is -0.137. The fourth-order valence-corrected chi connectivity index (χ4v) is 3.50. The van der Waals surface area contributed by atoms with Crippen LogP contribution in [-0.4, -0.2) is 24.8 Å². The molecule has 0 aliphatic carbocycles. The minimum Gasteiger partial charge on any atom is -0.493 e. The summed E-state index contributed by atoms with van der Waals surface area (Å²) in [5, 5.41) is 0.230. The third-order valence-corrected chi connectivity index (χ3v) is 5.62. The number of aromatic nitrogens is 1.